The minimum atomic E-state index is -2.42. The van der Waals surface area contributed by atoms with Crippen molar-refractivity contribution in [2.24, 2.45) is 5.92 Å². The Hall–Kier alpha value is -0.903. The van der Waals surface area contributed by atoms with Gasteiger partial charge in [0.15, 0.2) is 0 Å². The van der Waals surface area contributed by atoms with E-state index < -0.39 is 8.32 Å². The Morgan fingerprint density at radius 1 is 0.826 bits per heavy atom. The summed E-state index contributed by atoms with van der Waals surface area (Å²) in [6.07, 6.45) is 0. The smallest absolute Gasteiger partial charge is 0.262 e. The number of rotatable bonds is 5. The second-order valence-electron chi connectivity index (χ2n) is 7.38. The Kier molecular flexibility index (Phi) is 5.87. The van der Waals surface area contributed by atoms with Gasteiger partial charge in [0, 0.05) is 0 Å². The van der Waals surface area contributed by atoms with Crippen LogP contribution >= 0.6 is 15.9 Å². The van der Waals surface area contributed by atoms with Gasteiger partial charge in [-0.25, -0.2) is 0 Å². The maximum absolute atomic E-state index is 6.89. The molecule has 0 spiro atoms. The molecule has 2 aromatic carbocycles. The molecule has 0 heterocycles. The maximum atomic E-state index is 6.89. The van der Waals surface area contributed by atoms with Crippen molar-refractivity contribution in [1.82, 2.24) is 0 Å². The van der Waals surface area contributed by atoms with Gasteiger partial charge in [-0.05, 0) is 21.3 Å². The zero-order valence-corrected chi connectivity index (χ0v) is 17.3. The summed E-state index contributed by atoms with van der Waals surface area (Å²) < 4.78 is 6.89. The Morgan fingerprint density at radius 3 is 1.52 bits per heavy atom. The average molecular weight is 391 g/mol. The molecule has 1 nitrogen and oxygen atoms in total. The van der Waals surface area contributed by atoms with Crippen LogP contribution in [0.3, 0.4) is 0 Å². The molecule has 0 bridgehead atoms. The van der Waals surface area contributed by atoms with Gasteiger partial charge in [0.25, 0.3) is 8.32 Å². The van der Waals surface area contributed by atoms with Crippen LogP contribution in [0.2, 0.25) is 5.04 Å². The molecule has 2 aromatic rings. The van der Waals surface area contributed by atoms with Gasteiger partial charge in [-0.2, -0.15) is 0 Å². The third kappa shape index (κ3) is 3.78. The highest BCUT2D eigenvalue weighted by Gasteiger charge is 2.51. The lowest BCUT2D eigenvalue weighted by Crippen LogP contribution is -2.67. The van der Waals surface area contributed by atoms with E-state index in [1.54, 1.807) is 0 Å². The Bertz CT molecular complexity index is 565. The summed E-state index contributed by atoms with van der Waals surface area (Å²) in [5.41, 5.74) is 0. The molecule has 0 amide bonds. The molecular formula is C20H27BrOSi. The summed E-state index contributed by atoms with van der Waals surface area (Å²) in [4.78, 5) is 0. The maximum Gasteiger partial charge on any atom is 0.262 e. The summed E-state index contributed by atoms with van der Waals surface area (Å²) in [5, 5.41) is 2.71. The van der Waals surface area contributed by atoms with Crippen molar-refractivity contribution >= 4 is 34.6 Å². The monoisotopic (exact) mass is 390 g/mol. The second-order valence-corrected chi connectivity index (χ2v) is 12.5. The molecule has 0 aliphatic carbocycles. The van der Waals surface area contributed by atoms with Crippen LogP contribution in [0.1, 0.15) is 34.6 Å². The highest BCUT2D eigenvalue weighted by atomic mass is 79.9. The second kappa shape index (κ2) is 7.33. The summed E-state index contributed by atoms with van der Waals surface area (Å²) in [6, 6.07) is 21.5. The van der Waals surface area contributed by atoms with Gasteiger partial charge in [-0.1, -0.05) is 111 Å². The Morgan fingerprint density at radius 2 is 1.22 bits per heavy atom. The lowest BCUT2D eigenvalue weighted by Gasteiger charge is -2.44. The normalized spacial score (nSPS) is 14.0. The number of hydrogen-bond donors (Lipinski definition) is 0. The van der Waals surface area contributed by atoms with E-state index in [1.807, 2.05) is 0 Å². The molecule has 0 fully saturated rings. The van der Waals surface area contributed by atoms with Crippen LogP contribution in [0, 0.1) is 5.92 Å². The molecule has 0 saturated carbocycles. The zero-order chi connectivity index (χ0) is 17.1. The van der Waals surface area contributed by atoms with Crippen molar-refractivity contribution in [2.45, 2.75) is 44.7 Å². The van der Waals surface area contributed by atoms with Crippen LogP contribution in [0.25, 0.3) is 0 Å². The fraction of sp³-hybridized carbons (Fsp3) is 0.400. The van der Waals surface area contributed by atoms with Crippen molar-refractivity contribution in [3.63, 3.8) is 0 Å². The summed E-state index contributed by atoms with van der Waals surface area (Å²) in [5.74, 6) is 0.414. The first-order valence-corrected chi connectivity index (χ1v) is 11.0. The summed E-state index contributed by atoms with van der Waals surface area (Å²) >= 11 is 3.78. The number of alkyl halides is 1. The molecule has 124 valence electrons. The minimum Gasteiger partial charge on any atom is -0.395 e. The zero-order valence-electron chi connectivity index (χ0n) is 14.7. The van der Waals surface area contributed by atoms with E-state index in [-0.39, 0.29) is 10.1 Å². The van der Waals surface area contributed by atoms with Crippen LogP contribution < -0.4 is 10.4 Å². The highest BCUT2D eigenvalue weighted by Crippen LogP contribution is 2.38. The molecule has 1 unspecified atom stereocenters. The molecular weight excluding hydrogens is 364 g/mol. The Labute approximate surface area is 150 Å². The highest BCUT2D eigenvalue weighted by molar-refractivity contribution is 9.09. The van der Waals surface area contributed by atoms with Gasteiger partial charge < -0.3 is 4.43 Å². The van der Waals surface area contributed by atoms with E-state index in [9.17, 15) is 0 Å². The predicted octanol–water partition coefficient (Wildman–Crippen LogP) is 4.94. The largest absolute Gasteiger partial charge is 0.395 e. The number of benzene rings is 2. The summed E-state index contributed by atoms with van der Waals surface area (Å²) in [6.45, 7) is 11.3. The first kappa shape index (κ1) is 18.4. The molecule has 1 atom stereocenters. The van der Waals surface area contributed by atoms with E-state index in [0.717, 1.165) is 0 Å². The van der Waals surface area contributed by atoms with Gasteiger partial charge in [-0.15, -0.1) is 0 Å². The van der Waals surface area contributed by atoms with E-state index in [1.165, 1.54) is 10.4 Å². The molecule has 0 saturated heterocycles. The molecule has 23 heavy (non-hydrogen) atoms. The first-order chi connectivity index (χ1) is 10.8. The van der Waals surface area contributed by atoms with E-state index in [0.29, 0.717) is 5.92 Å². The fourth-order valence-electron chi connectivity index (χ4n) is 3.00. The van der Waals surface area contributed by atoms with Gasteiger partial charge >= 0.3 is 0 Å². The molecule has 3 heteroatoms. The van der Waals surface area contributed by atoms with Crippen LogP contribution in [0.4, 0.5) is 0 Å². The lowest BCUT2D eigenvalue weighted by atomic mass is 10.2. The molecule has 0 radical (unpaired) electrons. The van der Waals surface area contributed by atoms with Crippen LogP contribution in [0.5, 0.6) is 0 Å². The predicted molar refractivity (Wildman–Crippen MR) is 106 cm³/mol. The van der Waals surface area contributed by atoms with E-state index >= 15 is 0 Å². The van der Waals surface area contributed by atoms with Crippen LogP contribution in [0.15, 0.2) is 60.7 Å². The molecule has 0 N–H and O–H groups in total. The van der Waals surface area contributed by atoms with Crippen molar-refractivity contribution < 1.29 is 4.43 Å². The van der Waals surface area contributed by atoms with Gasteiger partial charge in [0.1, 0.15) is 5.01 Å². The number of halogens is 1. The van der Waals surface area contributed by atoms with Crippen LogP contribution in [-0.4, -0.2) is 13.3 Å². The quantitative estimate of drug-likeness (QED) is 0.518. The molecule has 0 aliphatic rings. The number of hydrogen-bond acceptors (Lipinski definition) is 1. The van der Waals surface area contributed by atoms with E-state index in [2.05, 4.69) is 111 Å². The Balaban J connectivity index is 2.69. The molecule has 0 aromatic heterocycles. The van der Waals surface area contributed by atoms with Crippen molar-refractivity contribution in [3.05, 3.63) is 60.7 Å². The van der Waals surface area contributed by atoms with Gasteiger partial charge in [0.2, 0.25) is 0 Å². The standard InChI is InChI=1S/C20H27BrOSi/c1-16(2)19(21)22-23(20(3,4)5,17-12-8-6-9-13-17)18-14-10-7-11-15-18/h6-16,19H,1-5H3. The average Bonchev–Trinajstić information content (AvgIpc) is 2.52. The molecule has 0 aliphatic heterocycles. The van der Waals surface area contributed by atoms with Crippen LogP contribution in [-0.2, 0) is 4.43 Å². The summed E-state index contributed by atoms with van der Waals surface area (Å²) in [7, 11) is -2.42. The SMILES string of the molecule is CC(C)C(Br)O[Si](c1ccccc1)(c1ccccc1)C(C)(C)C. The van der Waals surface area contributed by atoms with Gasteiger partial charge in [0.05, 0.1) is 0 Å². The fourth-order valence-corrected chi connectivity index (χ4v) is 8.46. The third-order valence-corrected chi connectivity index (χ3v) is 10.8. The van der Waals surface area contributed by atoms with Crippen molar-refractivity contribution in [2.75, 3.05) is 0 Å². The van der Waals surface area contributed by atoms with E-state index in [4.69, 9.17) is 4.43 Å². The minimum absolute atomic E-state index is 0.0244. The third-order valence-electron chi connectivity index (χ3n) is 4.23. The lowest BCUT2D eigenvalue weighted by molar-refractivity contribution is 0.228. The van der Waals surface area contributed by atoms with Gasteiger partial charge in [-0.3, -0.25) is 0 Å². The van der Waals surface area contributed by atoms with Crippen molar-refractivity contribution in [3.8, 4) is 0 Å². The molecule has 2 rings (SSSR count). The topological polar surface area (TPSA) is 9.23 Å². The van der Waals surface area contributed by atoms with Crippen molar-refractivity contribution in [1.29, 1.82) is 0 Å². The first-order valence-electron chi connectivity index (χ1n) is 8.22.